The lowest BCUT2D eigenvalue weighted by atomic mass is 10.2. The van der Waals surface area contributed by atoms with Crippen molar-refractivity contribution in [3.05, 3.63) is 28.3 Å². The second-order valence-electron chi connectivity index (χ2n) is 3.41. The molecular formula is C10H14N2O3. The zero-order chi connectivity index (χ0) is 11.4. The Morgan fingerprint density at radius 3 is 2.60 bits per heavy atom. The topological polar surface area (TPSA) is 64.4 Å². The number of methoxy groups -OCH3 is 1. The van der Waals surface area contributed by atoms with Crippen LogP contribution in [-0.4, -0.2) is 18.1 Å². The monoisotopic (exact) mass is 210 g/mol. The third kappa shape index (κ3) is 2.59. The Balaban J connectivity index is 3.19. The minimum absolute atomic E-state index is 0.0197. The highest BCUT2D eigenvalue weighted by molar-refractivity contribution is 5.68. The third-order valence-corrected chi connectivity index (χ3v) is 1.85. The highest BCUT2D eigenvalue weighted by atomic mass is 16.6. The molecular weight excluding hydrogens is 196 g/mol. The van der Waals surface area contributed by atoms with Crippen LogP contribution in [0.25, 0.3) is 0 Å². The summed E-state index contributed by atoms with van der Waals surface area (Å²) >= 11 is 0. The number of para-hydroxylation sites is 1. The molecule has 0 aliphatic heterocycles. The lowest BCUT2D eigenvalue weighted by Gasteiger charge is -2.11. The Morgan fingerprint density at radius 1 is 1.47 bits per heavy atom. The van der Waals surface area contributed by atoms with Crippen LogP contribution in [0, 0.1) is 10.1 Å². The molecule has 0 aliphatic rings. The Kier molecular flexibility index (Phi) is 3.49. The molecule has 82 valence electrons. The van der Waals surface area contributed by atoms with E-state index in [0.717, 1.165) is 0 Å². The number of hydrogen-bond donors (Lipinski definition) is 1. The van der Waals surface area contributed by atoms with Crippen molar-refractivity contribution in [2.24, 2.45) is 0 Å². The molecule has 5 nitrogen and oxygen atoms in total. The predicted molar refractivity (Wildman–Crippen MR) is 58.4 cm³/mol. The van der Waals surface area contributed by atoms with Gasteiger partial charge in [-0.25, -0.2) is 0 Å². The fraction of sp³-hybridized carbons (Fsp3) is 0.400. The van der Waals surface area contributed by atoms with Gasteiger partial charge in [0, 0.05) is 6.04 Å². The fourth-order valence-electron chi connectivity index (χ4n) is 1.30. The van der Waals surface area contributed by atoms with E-state index in [0.29, 0.717) is 5.69 Å². The van der Waals surface area contributed by atoms with Crippen molar-refractivity contribution in [3.8, 4) is 5.75 Å². The van der Waals surface area contributed by atoms with Gasteiger partial charge in [0.2, 0.25) is 0 Å². The molecule has 1 rings (SSSR count). The van der Waals surface area contributed by atoms with Crippen LogP contribution < -0.4 is 10.1 Å². The van der Waals surface area contributed by atoms with Gasteiger partial charge in [-0.3, -0.25) is 10.1 Å². The maximum atomic E-state index is 10.9. The van der Waals surface area contributed by atoms with E-state index >= 15 is 0 Å². The van der Waals surface area contributed by atoms with Gasteiger partial charge in [0.15, 0.2) is 5.75 Å². The zero-order valence-electron chi connectivity index (χ0n) is 8.98. The smallest absolute Gasteiger partial charge is 0.333 e. The number of rotatable bonds is 4. The van der Waals surface area contributed by atoms with E-state index in [1.54, 1.807) is 18.2 Å². The van der Waals surface area contributed by atoms with Crippen LogP contribution in [0.15, 0.2) is 18.2 Å². The molecule has 0 bridgehead atoms. The summed E-state index contributed by atoms with van der Waals surface area (Å²) in [5.74, 6) is 0.269. The lowest BCUT2D eigenvalue weighted by molar-refractivity contribution is -0.384. The van der Waals surface area contributed by atoms with Crippen LogP contribution in [-0.2, 0) is 0 Å². The Hall–Kier alpha value is -1.78. The Bertz CT molecular complexity index is 364. The van der Waals surface area contributed by atoms with E-state index in [1.807, 2.05) is 13.8 Å². The number of nitro benzene ring substituents is 1. The van der Waals surface area contributed by atoms with Crippen LogP contribution in [0.5, 0.6) is 5.75 Å². The maximum absolute atomic E-state index is 10.9. The molecule has 0 spiro atoms. The first-order chi connectivity index (χ1) is 7.06. The van der Waals surface area contributed by atoms with E-state index in [2.05, 4.69) is 5.32 Å². The average Bonchev–Trinajstić information content (AvgIpc) is 2.15. The normalized spacial score (nSPS) is 10.1. The average molecular weight is 210 g/mol. The number of benzene rings is 1. The molecule has 0 aromatic heterocycles. The maximum Gasteiger partial charge on any atom is 0.333 e. The van der Waals surface area contributed by atoms with Crippen LogP contribution in [0.3, 0.4) is 0 Å². The van der Waals surface area contributed by atoms with Crippen LogP contribution in [0.1, 0.15) is 13.8 Å². The van der Waals surface area contributed by atoms with Crippen LogP contribution in [0.2, 0.25) is 0 Å². The van der Waals surface area contributed by atoms with Crippen molar-refractivity contribution >= 4 is 11.4 Å². The van der Waals surface area contributed by atoms with E-state index in [4.69, 9.17) is 4.74 Å². The summed E-state index contributed by atoms with van der Waals surface area (Å²) in [5.41, 5.74) is 0.461. The van der Waals surface area contributed by atoms with Crippen LogP contribution in [0.4, 0.5) is 11.4 Å². The Labute approximate surface area is 88.2 Å². The van der Waals surface area contributed by atoms with Crippen molar-refractivity contribution in [1.29, 1.82) is 0 Å². The van der Waals surface area contributed by atoms with Crippen molar-refractivity contribution in [2.45, 2.75) is 19.9 Å². The summed E-state index contributed by atoms with van der Waals surface area (Å²) in [4.78, 5) is 10.4. The van der Waals surface area contributed by atoms with Gasteiger partial charge in [-0.1, -0.05) is 6.07 Å². The van der Waals surface area contributed by atoms with E-state index < -0.39 is 4.92 Å². The first kappa shape index (κ1) is 11.3. The standard InChI is InChI=1S/C10H14N2O3/c1-7(2)11-8-5-4-6-9(15-3)10(8)12(13)14/h4-7,11H,1-3H3. The molecule has 15 heavy (non-hydrogen) atoms. The van der Waals surface area contributed by atoms with Gasteiger partial charge in [-0.15, -0.1) is 0 Å². The molecule has 0 radical (unpaired) electrons. The SMILES string of the molecule is COc1cccc(NC(C)C)c1[N+](=O)[O-]. The summed E-state index contributed by atoms with van der Waals surface area (Å²) in [7, 11) is 1.42. The first-order valence-corrected chi connectivity index (χ1v) is 4.64. The second kappa shape index (κ2) is 4.63. The van der Waals surface area contributed by atoms with Crippen molar-refractivity contribution in [1.82, 2.24) is 0 Å². The summed E-state index contributed by atoms with van der Waals surface area (Å²) < 4.78 is 4.95. The van der Waals surface area contributed by atoms with E-state index in [9.17, 15) is 10.1 Å². The highest BCUT2D eigenvalue weighted by Gasteiger charge is 2.20. The number of anilines is 1. The summed E-state index contributed by atoms with van der Waals surface area (Å²) in [6.45, 7) is 3.84. The quantitative estimate of drug-likeness (QED) is 0.612. The zero-order valence-corrected chi connectivity index (χ0v) is 8.98. The van der Waals surface area contributed by atoms with Crippen molar-refractivity contribution in [2.75, 3.05) is 12.4 Å². The van der Waals surface area contributed by atoms with Gasteiger partial charge in [0.1, 0.15) is 5.69 Å². The minimum Gasteiger partial charge on any atom is -0.490 e. The van der Waals surface area contributed by atoms with Crippen LogP contribution >= 0.6 is 0 Å². The van der Waals surface area contributed by atoms with Crippen molar-refractivity contribution in [3.63, 3.8) is 0 Å². The molecule has 0 saturated carbocycles. The summed E-state index contributed by atoms with van der Waals surface area (Å²) in [6.07, 6.45) is 0. The molecule has 0 amide bonds. The number of hydrogen-bond acceptors (Lipinski definition) is 4. The van der Waals surface area contributed by atoms with Gasteiger partial charge in [0.25, 0.3) is 0 Å². The van der Waals surface area contributed by atoms with Gasteiger partial charge >= 0.3 is 5.69 Å². The number of nitrogens with zero attached hydrogens (tertiary/aromatic N) is 1. The van der Waals surface area contributed by atoms with Gasteiger partial charge in [-0.2, -0.15) is 0 Å². The molecule has 0 saturated heterocycles. The van der Waals surface area contributed by atoms with Crippen molar-refractivity contribution < 1.29 is 9.66 Å². The number of nitrogens with one attached hydrogen (secondary N) is 1. The molecule has 0 unspecified atom stereocenters. The molecule has 1 aromatic carbocycles. The first-order valence-electron chi connectivity index (χ1n) is 4.64. The molecule has 0 atom stereocenters. The predicted octanol–water partition coefficient (Wildman–Crippen LogP) is 2.42. The highest BCUT2D eigenvalue weighted by Crippen LogP contribution is 2.34. The second-order valence-corrected chi connectivity index (χ2v) is 3.41. The fourth-order valence-corrected chi connectivity index (χ4v) is 1.30. The Morgan fingerprint density at radius 2 is 2.13 bits per heavy atom. The van der Waals surface area contributed by atoms with E-state index in [-0.39, 0.29) is 17.5 Å². The summed E-state index contributed by atoms with van der Waals surface area (Å²) in [5, 5.41) is 13.9. The van der Waals surface area contributed by atoms with Gasteiger partial charge in [-0.05, 0) is 26.0 Å². The third-order valence-electron chi connectivity index (χ3n) is 1.85. The molecule has 1 aromatic rings. The summed E-state index contributed by atoms with van der Waals surface area (Å²) in [6, 6.07) is 5.09. The molecule has 0 fully saturated rings. The van der Waals surface area contributed by atoms with Gasteiger partial charge < -0.3 is 10.1 Å². The largest absolute Gasteiger partial charge is 0.490 e. The number of ether oxygens (including phenoxy) is 1. The molecule has 1 N–H and O–H groups in total. The molecule has 0 heterocycles. The van der Waals surface area contributed by atoms with Gasteiger partial charge in [0.05, 0.1) is 12.0 Å². The molecule has 0 aliphatic carbocycles. The number of nitro groups is 1. The lowest BCUT2D eigenvalue weighted by Crippen LogP contribution is -2.11. The van der Waals surface area contributed by atoms with E-state index in [1.165, 1.54) is 7.11 Å². The molecule has 5 heteroatoms. The minimum atomic E-state index is -0.441.